The van der Waals surface area contributed by atoms with E-state index in [0.29, 0.717) is 5.92 Å². The van der Waals surface area contributed by atoms with Gasteiger partial charge in [0.05, 0.1) is 0 Å². The van der Waals surface area contributed by atoms with Gasteiger partial charge in [0.2, 0.25) is 0 Å². The third-order valence-electron chi connectivity index (χ3n) is 4.43. The largest absolute Gasteiger partial charge is 0.0720 e. The lowest BCUT2D eigenvalue weighted by Crippen LogP contribution is -1.97. The standard InChI is InChI=1S/C20H15Br/c1-13-15-7-4-8-17(18(15)11-12-20(13)21)19-10-9-14-5-2-3-6-16(14)19/h2-12,19H,1H3. The van der Waals surface area contributed by atoms with Crippen LogP contribution in [0.2, 0.25) is 0 Å². The van der Waals surface area contributed by atoms with Crippen molar-refractivity contribution in [2.45, 2.75) is 12.8 Å². The minimum atomic E-state index is 0.366. The molecule has 4 rings (SSSR count). The Bertz CT molecular complexity index is 874. The quantitative estimate of drug-likeness (QED) is 0.506. The fourth-order valence-corrected chi connectivity index (χ4v) is 3.64. The summed E-state index contributed by atoms with van der Waals surface area (Å²) in [4.78, 5) is 0. The van der Waals surface area contributed by atoms with Gasteiger partial charge in [0, 0.05) is 10.4 Å². The number of halogens is 1. The van der Waals surface area contributed by atoms with Crippen molar-refractivity contribution < 1.29 is 0 Å². The highest BCUT2D eigenvalue weighted by Crippen LogP contribution is 2.39. The predicted octanol–water partition coefficient (Wildman–Crippen LogP) is 6.07. The van der Waals surface area contributed by atoms with Crippen LogP contribution in [0.4, 0.5) is 0 Å². The summed E-state index contributed by atoms with van der Waals surface area (Å²) in [5.74, 6) is 0.366. The summed E-state index contributed by atoms with van der Waals surface area (Å²) in [6, 6.07) is 19.7. The highest BCUT2D eigenvalue weighted by Gasteiger charge is 2.20. The van der Waals surface area contributed by atoms with E-state index in [4.69, 9.17) is 0 Å². The van der Waals surface area contributed by atoms with Crippen molar-refractivity contribution in [3.8, 4) is 0 Å². The van der Waals surface area contributed by atoms with Crippen molar-refractivity contribution in [1.82, 2.24) is 0 Å². The fourth-order valence-electron chi connectivity index (χ4n) is 3.30. The molecule has 1 atom stereocenters. The Kier molecular flexibility index (Phi) is 2.97. The molecule has 3 aromatic rings. The maximum atomic E-state index is 3.64. The monoisotopic (exact) mass is 334 g/mol. The average Bonchev–Trinajstić information content (AvgIpc) is 2.94. The molecule has 21 heavy (non-hydrogen) atoms. The van der Waals surface area contributed by atoms with Crippen LogP contribution in [-0.4, -0.2) is 0 Å². The van der Waals surface area contributed by atoms with Crippen LogP contribution in [0.5, 0.6) is 0 Å². The number of aryl methyl sites for hydroxylation is 1. The Labute approximate surface area is 133 Å². The summed E-state index contributed by atoms with van der Waals surface area (Å²) in [5.41, 5.74) is 5.45. The Balaban J connectivity index is 1.97. The van der Waals surface area contributed by atoms with Gasteiger partial charge >= 0.3 is 0 Å². The van der Waals surface area contributed by atoms with Gasteiger partial charge in [-0.3, -0.25) is 0 Å². The molecule has 0 nitrogen and oxygen atoms in total. The van der Waals surface area contributed by atoms with Crippen LogP contribution in [0.3, 0.4) is 0 Å². The molecule has 0 heterocycles. The van der Waals surface area contributed by atoms with Crippen molar-refractivity contribution in [1.29, 1.82) is 0 Å². The van der Waals surface area contributed by atoms with E-state index < -0.39 is 0 Å². The summed E-state index contributed by atoms with van der Waals surface area (Å²) in [5, 5.41) is 2.68. The Morgan fingerprint density at radius 1 is 0.810 bits per heavy atom. The first kappa shape index (κ1) is 12.8. The third-order valence-corrected chi connectivity index (χ3v) is 5.29. The van der Waals surface area contributed by atoms with Gasteiger partial charge in [-0.2, -0.15) is 0 Å². The van der Waals surface area contributed by atoms with Crippen molar-refractivity contribution in [2.75, 3.05) is 0 Å². The molecule has 1 heteroatoms. The molecule has 0 spiro atoms. The lowest BCUT2D eigenvalue weighted by atomic mass is 9.88. The summed E-state index contributed by atoms with van der Waals surface area (Å²) in [6.45, 7) is 2.18. The first-order valence-electron chi connectivity index (χ1n) is 7.20. The van der Waals surface area contributed by atoms with Crippen LogP contribution >= 0.6 is 15.9 Å². The summed E-state index contributed by atoms with van der Waals surface area (Å²) in [7, 11) is 0. The van der Waals surface area contributed by atoms with E-state index in [-0.39, 0.29) is 0 Å². The number of rotatable bonds is 1. The van der Waals surface area contributed by atoms with Crippen LogP contribution < -0.4 is 0 Å². The molecular weight excluding hydrogens is 320 g/mol. The zero-order valence-electron chi connectivity index (χ0n) is 11.8. The molecule has 0 bridgehead atoms. The van der Waals surface area contributed by atoms with E-state index in [1.54, 1.807) is 0 Å². The molecule has 0 saturated heterocycles. The van der Waals surface area contributed by atoms with Gasteiger partial charge < -0.3 is 0 Å². The molecule has 1 aliphatic carbocycles. The number of fused-ring (bicyclic) bond motifs is 2. The lowest BCUT2D eigenvalue weighted by Gasteiger charge is -2.16. The Morgan fingerprint density at radius 2 is 1.62 bits per heavy atom. The molecule has 1 unspecified atom stereocenters. The topological polar surface area (TPSA) is 0 Å². The fraction of sp³-hybridized carbons (Fsp3) is 0.100. The van der Waals surface area contributed by atoms with Crippen molar-refractivity contribution in [3.05, 3.63) is 87.4 Å². The number of benzene rings is 3. The van der Waals surface area contributed by atoms with Crippen LogP contribution in [0.15, 0.2) is 65.1 Å². The molecular formula is C20H15Br. The summed E-state index contributed by atoms with van der Waals surface area (Å²) < 4.78 is 1.18. The van der Waals surface area contributed by atoms with E-state index >= 15 is 0 Å². The van der Waals surface area contributed by atoms with Gasteiger partial charge in [-0.05, 0) is 46.0 Å². The van der Waals surface area contributed by atoms with E-state index in [2.05, 4.69) is 89.6 Å². The second-order valence-electron chi connectivity index (χ2n) is 5.58. The van der Waals surface area contributed by atoms with Gasteiger partial charge in [0.1, 0.15) is 0 Å². The third kappa shape index (κ3) is 1.96. The second-order valence-corrected chi connectivity index (χ2v) is 6.43. The zero-order chi connectivity index (χ0) is 14.4. The lowest BCUT2D eigenvalue weighted by molar-refractivity contribution is 1.06. The molecule has 0 aliphatic heterocycles. The SMILES string of the molecule is Cc1c(Br)ccc2c(C3C=Cc4ccccc43)cccc12. The zero-order valence-corrected chi connectivity index (χ0v) is 13.4. The normalized spacial score (nSPS) is 16.4. The van der Waals surface area contributed by atoms with E-state index in [9.17, 15) is 0 Å². The molecule has 0 N–H and O–H groups in total. The van der Waals surface area contributed by atoms with Crippen molar-refractivity contribution in [2.24, 2.45) is 0 Å². The first-order valence-corrected chi connectivity index (χ1v) is 8.00. The van der Waals surface area contributed by atoms with Crippen molar-refractivity contribution >= 4 is 32.8 Å². The molecule has 0 aromatic heterocycles. The molecule has 1 aliphatic rings. The molecule has 102 valence electrons. The van der Waals surface area contributed by atoms with Gasteiger partial charge in [-0.25, -0.2) is 0 Å². The molecule has 0 radical (unpaired) electrons. The van der Waals surface area contributed by atoms with E-state index in [1.165, 1.54) is 37.5 Å². The maximum absolute atomic E-state index is 3.64. The number of allylic oxidation sites excluding steroid dienone is 1. The summed E-state index contributed by atoms with van der Waals surface area (Å²) >= 11 is 3.64. The molecule has 0 amide bonds. The number of hydrogen-bond donors (Lipinski definition) is 0. The van der Waals surface area contributed by atoms with Crippen LogP contribution in [0.25, 0.3) is 16.8 Å². The molecule has 3 aromatic carbocycles. The Morgan fingerprint density at radius 3 is 2.52 bits per heavy atom. The maximum Gasteiger partial charge on any atom is 0.0284 e. The number of hydrogen-bond acceptors (Lipinski definition) is 0. The van der Waals surface area contributed by atoms with Crippen LogP contribution in [-0.2, 0) is 0 Å². The minimum Gasteiger partial charge on any atom is -0.0720 e. The van der Waals surface area contributed by atoms with Gasteiger partial charge in [0.25, 0.3) is 0 Å². The van der Waals surface area contributed by atoms with Crippen LogP contribution in [0.1, 0.15) is 28.2 Å². The van der Waals surface area contributed by atoms with Gasteiger partial charge in [0.15, 0.2) is 0 Å². The Hall–Kier alpha value is -1.86. The van der Waals surface area contributed by atoms with Crippen LogP contribution in [0, 0.1) is 6.92 Å². The van der Waals surface area contributed by atoms with Gasteiger partial charge in [-0.15, -0.1) is 0 Å². The second kappa shape index (κ2) is 4.85. The molecule has 0 fully saturated rings. The molecule has 0 saturated carbocycles. The van der Waals surface area contributed by atoms with Crippen molar-refractivity contribution in [3.63, 3.8) is 0 Å². The minimum absolute atomic E-state index is 0.366. The summed E-state index contributed by atoms with van der Waals surface area (Å²) in [6.07, 6.45) is 4.56. The van der Waals surface area contributed by atoms with Gasteiger partial charge in [-0.1, -0.05) is 76.6 Å². The highest BCUT2D eigenvalue weighted by molar-refractivity contribution is 9.10. The highest BCUT2D eigenvalue weighted by atomic mass is 79.9. The predicted molar refractivity (Wildman–Crippen MR) is 93.7 cm³/mol. The van der Waals surface area contributed by atoms with E-state index in [0.717, 1.165) is 0 Å². The van der Waals surface area contributed by atoms with E-state index in [1.807, 2.05) is 0 Å². The smallest absolute Gasteiger partial charge is 0.0284 e. The first-order chi connectivity index (χ1) is 10.3. The average molecular weight is 335 g/mol.